The zero-order valence-corrected chi connectivity index (χ0v) is 10.1. The Morgan fingerprint density at radius 3 is 3.13 bits per heavy atom. The highest BCUT2D eigenvalue weighted by molar-refractivity contribution is 6.30. The molecule has 1 aliphatic heterocycles. The molecular weight excluding hydrogens is 210 g/mol. The molecule has 1 aromatic heterocycles. The molecule has 3 nitrogen and oxygen atoms in total. The molecule has 1 aliphatic rings. The van der Waals surface area contributed by atoms with E-state index >= 15 is 0 Å². The van der Waals surface area contributed by atoms with Crippen molar-refractivity contribution in [1.29, 1.82) is 0 Å². The lowest BCUT2D eigenvalue weighted by molar-refractivity contribution is 0.427. The van der Waals surface area contributed by atoms with Crippen molar-refractivity contribution in [2.75, 3.05) is 13.6 Å². The van der Waals surface area contributed by atoms with E-state index in [2.05, 4.69) is 14.9 Å². The van der Waals surface area contributed by atoms with Crippen LogP contribution < -0.4 is 5.32 Å². The van der Waals surface area contributed by atoms with Crippen molar-refractivity contribution in [3.05, 3.63) is 16.7 Å². The second-order valence-electron chi connectivity index (χ2n) is 4.22. The Kier molecular flexibility index (Phi) is 3.32. The number of hydrogen-bond donors (Lipinski definition) is 1. The van der Waals surface area contributed by atoms with Crippen molar-refractivity contribution in [2.24, 2.45) is 0 Å². The van der Waals surface area contributed by atoms with Crippen LogP contribution in [0.2, 0.25) is 5.15 Å². The summed E-state index contributed by atoms with van der Waals surface area (Å²) in [5, 5.41) is 3.92. The minimum Gasteiger partial charge on any atom is -0.331 e. The minimum atomic E-state index is 0.583. The van der Waals surface area contributed by atoms with Crippen molar-refractivity contribution in [3.8, 4) is 0 Å². The zero-order chi connectivity index (χ0) is 10.8. The fraction of sp³-hybridized carbons (Fsp3) is 0.727. The third-order valence-corrected chi connectivity index (χ3v) is 3.49. The van der Waals surface area contributed by atoms with E-state index in [0.717, 1.165) is 25.3 Å². The first-order valence-corrected chi connectivity index (χ1v) is 5.99. The SMILES string of the molecule is CNCCC1CCCn2c(C)nc(Cl)c21. The molecule has 1 N–H and O–H groups in total. The Balaban J connectivity index is 2.25. The van der Waals surface area contributed by atoms with Crippen LogP contribution in [0.4, 0.5) is 0 Å². The van der Waals surface area contributed by atoms with Gasteiger partial charge in [-0.3, -0.25) is 0 Å². The number of hydrogen-bond acceptors (Lipinski definition) is 2. The van der Waals surface area contributed by atoms with E-state index in [1.54, 1.807) is 0 Å². The van der Waals surface area contributed by atoms with E-state index in [1.165, 1.54) is 18.5 Å². The normalized spacial score (nSPS) is 20.3. The van der Waals surface area contributed by atoms with Gasteiger partial charge in [-0.05, 0) is 39.8 Å². The Bertz CT molecular complexity index is 346. The van der Waals surface area contributed by atoms with Gasteiger partial charge >= 0.3 is 0 Å². The van der Waals surface area contributed by atoms with Gasteiger partial charge < -0.3 is 9.88 Å². The summed E-state index contributed by atoms with van der Waals surface area (Å²) in [7, 11) is 1.99. The Labute approximate surface area is 95.8 Å². The molecule has 4 heteroatoms. The lowest BCUT2D eigenvalue weighted by atomic mass is 9.93. The van der Waals surface area contributed by atoms with Crippen LogP contribution in [-0.2, 0) is 6.54 Å². The molecule has 1 unspecified atom stereocenters. The van der Waals surface area contributed by atoms with Gasteiger partial charge in [0.1, 0.15) is 5.82 Å². The summed E-state index contributed by atoms with van der Waals surface area (Å²) < 4.78 is 2.28. The maximum Gasteiger partial charge on any atom is 0.150 e. The van der Waals surface area contributed by atoms with E-state index in [1.807, 2.05) is 14.0 Å². The summed E-state index contributed by atoms with van der Waals surface area (Å²) in [6, 6.07) is 0. The number of nitrogens with one attached hydrogen (secondary N) is 1. The van der Waals surface area contributed by atoms with Crippen molar-refractivity contribution < 1.29 is 0 Å². The van der Waals surface area contributed by atoms with Gasteiger partial charge in [0.25, 0.3) is 0 Å². The van der Waals surface area contributed by atoms with Gasteiger partial charge in [-0.25, -0.2) is 4.98 Å². The lowest BCUT2D eigenvalue weighted by Gasteiger charge is -2.25. The van der Waals surface area contributed by atoms with E-state index in [-0.39, 0.29) is 0 Å². The number of rotatable bonds is 3. The summed E-state index contributed by atoms with van der Waals surface area (Å²) in [5.74, 6) is 1.64. The van der Waals surface area contributed by atoms with Crippen molar-refractivity contribution >= 4 is 11.6 Å². The van der Waals surface area contributed by atoms with Crippen LogP contribution in [0.5, 0.6) is 0 Å². The standard InChI is InChI=1S/C11H18ClN3/c1-8-14-11(12)10-9(5-6-13-2)4-3-7-15(8)10/h9,13H,3-7H2,1-2H3. The number of imidazole rings is 1. The first-order chi connectivity index (χ1) is 7.24. The Hall–Kier alpha value is -0.540. The van der Waals surface area contributed by atoms with Crippen LogP contribution in [-0.4, -0.2) is 23.1 Å². The predicted octanol–water partition coefficient (Wildman–Crippen LogP) is 2.33. The molecule has 0 bridgehead atoms. The van der Waals surface area contributed by atoms with E-state index in [0.29, 0.717) is 11.1 Å². The summed E-state index contributed by atoms with van der Waals surface area (Å²) >= 11 is 6.18. The van der Waals surface area contributed by atoms with Crippen LogP contribution in [0.1, 0.15) is 36.7 Å². The van der Waals surface area contributed by atoms with Crippen molar-refractivity contribution in [2.45, 2.75) is 38.6 Å². The zero-order valence-electron chi connectivity index (χ0n) is 9.39. The number of fused-ring (bicyclic) bond motifs is 1. The van der Waals surface area contributed by atoms with Gasteiger partial charge in [0, 0.05) is 12.5 Å². The third-order valence-electron chi connectivity index (χ3n) is 3.22. The van der Waals surface area contributed by atoms with Crippen LogP contribution in [0.3, 0.4) is 0 Å². The van der Waals surface area contributed by atoms with Crippen LogP contribution in [0.25, 0.3) is 0 Å². The topological polar surface area (TPSA) is 29.9 Å². The monoisotopic (exact) mass is 227 g/mol. The molecule has 0 aromatic carbocycles. The molecule has 0 aliphatic carbocycles. The van der Waals surface area contributed by atoms with E-state index in [4.69, 9.17) is 11.6 Å². The maximum atomic E-state index is 6.18. The average molecular weight is 228 g/mol. The van der Waals surface area contributed by atoms with Crippen LogP contribution >= 0.6 is 11.6 Å². The predicted molar refractivity (Wildman–Crippen MR) is 62.5 cm³/mol. The highest BCUT2D eigenvalue weighted by Gasteiger charge is 2.25. The molecule has 84 valence electrons. The fourth-order valence-electron chi connectivity index (χ4n) is 2.45. The number of aryl methyl sites for hydroxylation is 1. The first kappa shape index (κ1) is 11.0. The second-order valence-corrected chi connectivity index (χ2v) is 4.58. The minimum absolute atomic E-state index is 0.583. The Morgan fingerprint density at radius 1 is 1.60 bits per heavy atom. The molecule has 0 radical (unpaired) electrons. The Morgan fingerprint density at radius 2 is 2.40 bits per heavy atom. The number of halogens is 1. The van der Waals surface area contributed by atoms with E-state index in [9.17, 15) is 0 Å². The first-order valence-electron chi connectivity index (χ1n) is 5.61. The van der Waals surface area contributed by atoms with Gasteiger partial charge in [-0.1, -0.05) is 11.6 Å². The number of nitrogens with zero attached hydrogens (tertiary/aromatic N) is 2. The van der Waals surface area contributed by atoms with E-state index < -0.39 is 0 Å². The summed E-state index contributed by atoms with van der Waals surface area (Å²) in [5.41, 5.74) is 1.26. The molecule has 2 heterocycles. The average Bonchev–Trinajstić information content (AvgIpc) is 2.53. The molecule has 0 saturated heterocycles. The highest BCUT2D eigenvalue weighted by Crippen LogP contribution is 2.35. The van der Waals surface area contributed by atoms with Crippen LogP contribution in [0, 0.1) is 6.92 Å². The van der Waals surface area contributed by atoms with Crippen molar-refractivity contribution in [3.63, 3.8) is 0 Å². The van der Waals surface area contributed by atoms with Gasteiger partial charge in [0.15, 0.2) is 5.15 Å². The molecule has 0 saturated carbocycles. The van der Waals surface area contributed by atoms with Gasteiger partial charge in [-0.15, -0.1) is 0 Å². The molecule has 0 fully saturated rings. The maximum absolute atomic E-state index is 6.18. The van der Waals surface area contributed by atoms with Gasteiger partial charge in [0.05, 0.1) is 5.69 Å². The van der Waals surface area contributed by atoms with Gasteiger partial charge in [-0.2, -0.15) is 0 Å². The van der Waals surface area contributed by atoms with Crippen LogP contribution in [0.15, 0.2) is 0 Å². The molecule has 0 spiro atoms. The summed E-state index contributed by atoms with van der Waals surface area (Å²) in [4.78, 5) is 4.36. The van der Waals surface area contributed by atoms with Gasteiger partial charge in [0.2, 0.25) is 0 Å². The third kappa shape index (κ3) is 2.04. The molecule has 1 aromatic rings. The lowest BCUT2D eigenvalue weighted by Crippen LogP contribution is -2.20. The molecule has 1 atom stereocenters. The largest absolute Gasteiger partial charge is 0.331 e. The van der Waals surface area contributed by atoms with Crippen molar-refractivity contribution in [1.82, 2.24) is 14.9 Å². The second kappa shape index (κ2) is 4.54. The summed E-state index contributed by atoms with van der Waals surface area (Å²) in [6.45, 7) is 4.16. The fourth-order valence-corrected chi connectivity index (χ4v) is 2.83. The highest BCUT2D eigenvalue weighted by atomic mass is 35.5. The molecule has 2 rings (SSSR count). The molecular formula is C11H18ClN3. The molecule has 15 heavy (non-hydrogen) atoms. The smallest absolute Gasteiger partial charge is 0.150 e. The quantitative estimate of drug-likeness (QED) is 0.859. The summed E-state index contributed by atoms with van der Waals surface area (Å²) in [6.07, 6.45) is 3.64. The molecule has 0 amide bonds. The number of aromatic nitrogens is 2.